The molecule has 0 spiro atoms. The number of nitrogen functional groups attached to an aromatic ring is 1. The predicted octanol–water partition coefficient (Wildman–Crippen LogP) is 1.86. The van der Waals surface area contributed by atoms with E-state index in [0.29, 0.717) is 17.4 Å². The van der Waals surface area contributed by atoms with Crippen molar-refractivity contribution >= 4 is 22.8 Å². The van der Waals surface area contributed by atoms with Crippen molar-refractivity contribution in [2.45, 2.75) is 32.9 Å². The first-order valence-corrected chi connectivity index (χ1v) is 6.02. The molecule has 102 valence electrons. The molecule has 0 aliphatic heterocycles. The maximum Gasteiger partial charge on any atom is 0.435 e. The van der Waals surface area contributed by atoms with Crippen molar-refractivity contribution in [1.82, 2.24) is 9.78 Å². The van der Waals surface area contributed by atoms with E-state index in [2.05, 4.69) is 5.10 Å². The maximum atomic E-state index is 12.0. The van der Waals surface area contributed by atoms with Gasteiger partial charge in [0.15, 0.2) is 5.82 Å². The van der Waals surface area contributed by atoms with Crippen LogP contribution in [0.3, 0.4) is 0 Å². The van der Waals surface area contributed by atoms with Crippen LogP contribution in [0.4, 0.5) is 10.6 Å². The number of carbonyl (C=O) groups is 1. The highest BCUT2D eigenvalue weighted by atomic mass is 16.6. The Morgan fingerprint density at radius 1 is 1.42 bits per heavy atom. The number of carbonyl (C=O) groups excluding carboxylic acids is 1. The van der Waals surface area contributed by atoms with E-state index in [-0.39, 0.29) is 5.82 Å². The summed E-state index contributed by atoms with van der Waals surface area (Å²) in [5, 5.41) is 4.73. The fourth-order valence-electron chi connectivity index (χ4n) is 1.76. The lowest BCUT2D eigenvalue weighted by atomic mass is 10.1. The largest absolute Gasteiger partial charge is 0.442 e. The molecular weight excluding hydrogens is 244 g/mol. The van der Waals surface area contributed by atoms with Crippen LogP contribution < -0.4 is 11.5 Å². The highest BCUT2D eigenvalue weighted by molar-refractivity contribution is 5.95. The molecule has 0 fully saturated rings. The van der Waals surface area contributed by atoms with Gasteiger partial charge >= 0.3 is 6.09 Å². The summed E-state index contributed by atoms with van der Waals surface area (Å²) in [4.78, 5) is 12.0. The summed E-state index contributed by atoms with van der Waals surface area (Å²) in [6.45, 7) is 5.80. The number of aromatic nitrogens is 2. The second-order valence-corrected chi connectivity index (χ2v) is 5.33. The van der Waals surface area contributed by atoms with Crippen LogP contribution in [0.25, 0.3) is 10.9 Å². The summed E-state index contributed by atoms with van der Waals surface area (Å²) in [5.74, 6) is 0.288. The van der Waals surface area contributed by atoms with Crippen LogP contribution in [0.5, 0.6) is 0 Å². The molecule has 1 aromatic carbocycles. The maximum absolute atomic E-state index is 12.0. The lowest BCUT2D eigenvalue weighted by molar-refractivity contribution is 0.0523. The van der Waals surface area contributed by atoms with Crippen LogP contribution in [0, 0.1) is 0 Å². The van der Waals surface area contributed by atoms with Gasteiger partial charge in [-0.05, 0) is 38.5 Å². The van der Waals surface area contributed by atoms with Gasteiger partial charge in [0.05, 0.1) is 5.52 Å². The van der Waals surface area contributed by atoms with E-state index in [1.165, 1.54) is 4.68 Å². The molecule has 0 atom stereocenters. The fraction of sp³-hybridized carbons (Fsp3) is 0.385. The van der Waals surface area contributed by atoms with E-state index in [1.807, 2.05) is 12.1 Å². The Bertz CT molecular complexity index is 625. The number of ether oxygens (including phenoxy) is 1. The quantitative estimate of drug-likeness (QED) is 0.817. The van der Waals surface area contributed by atoms with Gasteiger partial charge < -0.3 is 16.2 Å². The molecule has 0 amide bonds. The molecule has 2 aromatic rings. The molecule has 2 rings (SSSR count). The molecule has 0 radical (unpaired) electrons. The SMILES string of the molecule is CC(C)(C)OC(=O)n1nc(N)c2cc(CN)ccc21. The Hall–Kier alpha value is -2.08. The van der Waals surface area contributed by atoms with Crippen LogP contribution in [-0.4, -0.2) is 21.5 Å². The first-order valence-electron chi connectivity index (χ1n) is 6.02. The number of rotatable bonds is 1. The van der Waals surface area contributed by atoms with E-state index < -0.39 is 11.7 Å². The third kappa shape index (κ3) is 2.68. The average molecular weight is 262 g/mol. The van der Waals surface area contributed by atoms with Crippen LogP contribution in [0.15, 0.2) is 18.2 Å². The number of hydrogen-bond donors (Lipinski definition) is 2. The van der Waals surface area contributed by atoms with Gasteiger partial charge in [0, 0.05) is 11.9 Å². The summed E-state index contributed by atoms with van der Waals surface area (Å²) in [7, 11) is 0. The zero-order valence-corrected chi connectivity index (χ0v) is 11.3. The minimum Gasteiger partial charge on any atom is -0.442 e. The highest BCUT2D eigenvalue weighted by Crippen LogP contribution is 2.23. The third-order valence-electron chi connectivity index (χ3n) is 2.57. The summed E-state index contributed by atoms with van der Waals surface area (Å²) in [6, 6.07) is 5.44. The normalized spacial score (nSPS) is 11.8. The molecular formula is C13H18N4O2. The van der Waals surface area contributed by atoms with E-state index >= 15 is 0 Å². The Morgan fingerprint density at radius 3 is 2.68 bits per heavy atom. The van der Waals surface area contributed by atoms with E-state index in [0.717, 1.165) is 5.56 Å². The molecule has 0 unspecified atom stereocenters. The summed E-state index contributed by atoms with van der Waals surface area (Å²) >= 11 is 0. The highest BCUT2D eigenvalue weighted by Gasteiger charge is 2.21. The lowest BCUT2D eigenvalue weighted by Gasteiger charge is -2.19. The van der Waals surface area contributed by atoms with Crippen LogP contribution in [0.1, 0.15) is 26.3 Å². The van der Waals surface area contributed by atoms with Crippen LogP contribution in [-0.2, 0) is 11.3 Å². The molecule has 19 heavy (non-hydrogen) atoms. The second-order valence-electron chi connectivity index (χ2n) is 5.33. The molecule has 0 aliphatic rings. The van der Waals surface area contributed by atoms with Crippen molar-refractivity contribution in [1.29, 1.82) is 0 Å². The third-order valence-corrected chi connectivity index (χ3v) is 2.57. The lowest BCUT2D eigenvalue weighted by Crippen LogP contribution is -2.27. The van der Waals surface area contributed by atoms with E-state index in [4.69, 9.17) is 16.2 Å². The van der Waals surface area contributed by atoms with Gasteiger partial charge in [-0.25, -0.2) is 4.79 Å². The van der Waals surface area contributed by atoms with Gasteiger partial charge in [0.25, 0.3) is 0 Å². The number of nitrogens with two attached hydrogens (primary N) is 2. The van der Waals surface area contributed by atoms with Gasteiger partial charge in [-0.2, -0.15) is 4.68 Å². The minimum absolute atomic E-state index is 0.288. The number of benzene rings is 1. The molecule has 1 heterocycles. The van der Waals surface area contributed by atoms with Crippen molar-refractivity contribution in [3.63, 3.8) is 0 Å². The minimum atomic E-state index is -0.582. The van der Waals surface area contributed by atoms with Gasteiger partial charge in [0.2, 0.25) is 0 Å². The van der Waals surface area contributed by atoms with Crippen molar-refractivity contribution < 1.29 is 9.53 Å². The molecule has 0 bridgehead atoms. The topological polar surface area (TPSA) is 96.2 Å². The smallest absolute Gasteiger partial charge is 0.435 e. The summed E-state index contributed by atoms with van der Waals surface area (Å²) in [5.41, 5.74) is 12.4. The van der Waals surface area contributed by atoms with Gasteiger partial charge in [-0.3, -0.25) is 0 Å². The van der Waals surface area contributed by atoms with E-state index in [9.17, 15) is 4.79 Å². The zero-order valence-electron chi connectivity index (χ0n) is 11.3. The van der Waals surface area contributed by atoms with Crippen molar-refractivity contribution in [2.75, 3.05) is 5.73 Å². The molecule has 0 saturated carbocycles. The van der Waals surface area contributed by atoms with Gasteiger partial charge in [-0.15, -0.1) is 5.10 Å². The van der Waals surface area contributed by atoms with Crippen molar-refractivity contribution in [3.8, 4) is 0 Å². The van der Waals surface area contributed by atoms with Crippen LogP contribution >= 0.6 is 0 Å². The molecule has 1 aromatic heterocycles. The first-order chi connectivity index (χ1) is 8.81. The molecule has 0 saturated heterocycles. The Balaban J connectivity index is 2.48. The molecule has 0 aliphatic carbocycles. The van der Waals surface area contributed by atoms with E-state index in [1.54, 1.807) is 26.8 Å². The molecule has 6 heteroatoms. The number of nitrogens with zero attached hydrogens (tertiary/aromatic N) is 2. The number of anilines is 1. The Kier molecular flexibility index (Phi) is 3.20. The zero-order chi connectivity index (χ0) is 14.2. The predicted molar refractivity (Wildman–Crippen MR) is 73.7 cm³/mol. The molecule has 4 N–H and O–H groups in total. The van der Waals surface area contributed by atoms with Crippen LogP contribution in [0.2, 0.25) is 0 Å². The monoisotopic (exact) mass is 262 g/mol. The average Bonchev–Trinajstić information content (AvgIpc) is 2.64. The number of hydrogen-bond acceptors (Lipinski definition) is 5. The summed E-state index contributed by atoms with van der Waals surface area (Å²) < 4.78 is 6.46. The molecule has 6 nitrogen and oxygen atoms in total. The fourth-order valence-corrected chi connectivity index (χ4v) is 1.76. The van der Waals surface area contributed by atoms with Crippen molar-refractivity contribution in [3.05, 3.63) is 23.8 Å². The standard InChI is InChI=1S/C13H18N4O2/c1-13(2,3)19-12(18)17-10-5-4-8(7-14)6-9(10)11(15)16-17/h4-6H,7,14H2,1-3H3,(H2,15,16). The Morgan fingerprint density at radius 2 is 2.11 bits per heavy atom. The Labute approximate surface area is 111 Å². The first kappa shape index (κ1) is 13.4. The second kappa shape index (κ2) is 4.55. The van der Waals surface area contributed by atoms with Crippen molar-refractivity contribution in [2.24, 2.45) is 5.73 Å². The number of fused-ring (bicyclic) bond motifs is 1. The van der Waals surface area contributed by atoms with Gasteiger partial charge in [0.1, 0.15) is 5.60 Å². The summed E-state index contributed by atoms with van der Waals surface area (Å²) in [6.07, 6.45) is -0.547. The van der Waals surface area contributed by atoms with Gasteiger partial charge in [-0.1, -0.05) is 6.07 Å².